The highest BCUT2D eigenvalue weighted by atomic mass is 16.6. The quantitative estimate of drug-likeness (QED) is 0.886. The summed E-state index contributed by atoms with van der Waals surface area (Å²) in [6, 6.07) is 10.6. The highest BCUT2D eigenvalue weighted by Gasteiger charge is 2.48. The Balaban J connectivity index is 1.59. The molecule has 19 heavy (non-hydrogen) atoms. The predicted molar refractivity (Wildman–Crippen MR) is 72.8 cm³/mol. The smallest absolute Gasteiger partial charge is 0.408 e. The largest absolute Gasteiger partial charge is 0.441 e. The van der Waals surface area contributed by atoms with Crippen molar-refractivity contribution in [2.45, 2.75) is 38.0 Å². The van der Waals surface area contributed by atoms with Crippen LogP contribution in [0.3, 0.4) is 0 Å². The third-order valence-electron chi connectivity index (χ3n) is 4.37. The van der Waals surface area contributed by atoms with E-state index >= 15 is 0 Å². The Morgan fingerprint density at radius 2 is 2.00 bits per heavy atom. The molecule has 1 atom stereocenters. The van der Waals surface area contributed by atoms with Crippen LogP contribution in [0, 0.1) is 0 Å². The summed E-state index contributed by atoms with van der Waals surface area (Å²) < 4.78 is 5.52. The molecule has 1 N–H and O–H groups in total. The van der Waals surface area contributed by atoms with Gasteiger partial charge in [0, 0.05) is 32.5 Å². The summed E-state index contributed by atoms with van der Waals surface area (Å²) in [6.07, 6.45) is 1.57. The molecule has 0 saturated carbocycles. The molecule has 0 aromatic heterocycles. The van der Waals surface area contributed by atoms with Crippen molar-refractivity contribution in [3.8, 4) is 0 Å². The summed E-state index contributed by atoms with van der Waals surface area (Å²) in [4.78, 5) is 13.8. The van der Waals surface area contributed by atoms with Crippen LogP contribution < -0.4 is 5.32 Å². The van der Waals surface area contributed by atoms with Crippen LogP contribution >= 0.6 is 0 Å². The van der Waals surface area contributed by atoms with Crippen molar-refractivity contribution in [1.82, 2.24) is 10.2 Å². The van der Waals surface area contributed by atoms with E-state index in [4.69, 9.17) is 4.74 Å². The number of alkyl carbamates (subject to hydrolysis) is 1. The molecule has 102 valence electrons. The molecule has 1 amide bonds. The van der Waals surface area contributed by atoms with E-state index in [2.05, 4.69) is 34.5 Å². The van der Waals surface area contributed by atoms with Gasteiger partial charge in [-0.1, -0.05) is 30.3 Å². The summed E-state index contributed by atoms with van der Waals surface area (Å²) in [5.74, 6) is 0. The number of carbonyl (C=O) groups is 1. The second-order valence-electron chi connectivity index (χ2n) is 5.58. The maximum atomic E-state index is 11.4. The number of benzene rings is 1. The molecule has 4 nitrogen and oxygen atoms in total. The van der Waals surface area contributed by atoms with Crippen LogP contribution in [0.15, 0.2) is 30.3 Å². The molecule has 2 aliphatic heterocycles. The minimum atomic E-state index is -0.274. The van der Waals surface area contributed by atoms with Gasteiger partial charge in [-0.25, -0.2) is 4.79 Å². The Hall–Kier alpha value is -1.55. The Bertz CT molecular complexity index is 452. The minimum absolute atomic E-state index is 0.124. The maximum absolute atomic E-state index is 11.4. The van der Waals surface area contributed by atoms with E-state index in [0.29, 0.717) is 0 Å². The number of piperidine rings is 1. The number of rotatable bonds is 2. The first kappa shape index (κ1) is 12.5. The fourth-order valence-electron chi connectivity index (χ4n) is 3.08. The third kappa shape index (κ3) is 2.45. The second kappa shape index (κ2) is 4.85. The van der Waals surface area contributed by atoms with Crippen molar-refractivity contribution in [2.75, 3.05) is 13.1 Å². The molecule has 0 unspecified atom stereocenters. The van der Waals surface area contributed by atoms with Gasteiger partial charge in [0.25, 0.3) is 0 Å². The van der Waals surface area contributed by atoms with Crippen molar-refractivity contribution in [3.05, 3.63) is 35.9 Å². The van der Waals surface area contributed by atoms with E-state index in [1.165, 1.54) is 5.56 Å². The summed E-state index contributed by atoms with van der Waals surface area (Å²) in [7, 11) is 0. The molecule has 2 saturated heterocycles. The van der Waals surface area contributed by atoms with Crippen molar-refractivity contribution in [2.24, 2.45) is 0 Å². The molecule has 0 bridgehead atoms. The predicted octanol–water partition coefficient (Wildman–Crippen LogP) is 2.15. The van der Waals surface area contributed by atoms with Crippen LogP contribution in [0.2, 0.25) is 0 Å². The van der Waals surface area contributed by atoms with Gasteiger partial charge in [-0.05, 0) is 12.5 Å². The third-order valence-corrected chi connectivity index (χ3v) is 4.37. The van der Waals surface area contributed by atoms with Crippen LogP contribution in [-0.2, 0) is 11.3 Å². The highest BCUT2D eigenvalue weighted by molar-refractivity contribution is 5.71. The molecule has 4 heteroatoms. The lowest BCUT2D eigenvalue weighted by Crippen LogP contribution is -2.50. The number of amides is 1. The summed E-state index contributed by atoms with van der Waals surface area (Å²) in [6.45, 7) is 4.98. The molecule has 2 fully saturated rings. The number of nitrogens with zero attached hydrogens (tertiary/aromatic N) is 1. The SMILES string of the molecule is C[C@H]1NC(=O)OC12CCN(Cc1ccccc1)CC2. The molecule has 1 spiro atoms. The summed E-state index contributed by atoms with van der Waals surface area (Å²) in [5, 5.41) is 2.86. The Morgan fingerprint density at radius 1 is 1.32 bits per heavy atom. The van der Waals surface area contributed by atoms with Gasteiger partial charge < -0.3 is 10.1 Å². The van der Waals surface area contributed by atoms with Gasteiger partial charge in [-0.2, -0.15) is 0 Å². The average Bonchev–Trinajstić information content (AvgIpc) is 2.68. The molecule has 1 aromatic carbocycles. The van der Waals surface area contributed by atoms with Crippen molar-refractivity contribution >= 4 is 6.09 Å². The van der Waals surface area contributed by atoms with Gasteiger partial charge in [-0.3, -0.25) is 4.90 Å². The standard InChI is InChI=1S/C15H20N2O2/c1-12-15(19-14(18)16-12)7-9-17(10-8-15)11-13-5-3-2-4-6-13/h2-6,12H,7-11H2,1H3,(H,16,18)/t12-/m1/s1. The van der Waals surface area contributed by atoms with E-state index in [0.717, 1.165) is 32.5 Å². The molecule has 2 aliphatic rings. The van der Waals surface area contributed by atoms with Crippen LogP contribution in [0.25, 0.3) is 0 Å². The molecule has 2 heterocycles. The Labute approximate surface area is 113 Å². The van der Waals surface area contributed by atoms with Crippen LogP contribution in [0.4, 0.5) is 4.79 Å². The van der Waals surface area contributed by atoms with Gasteiger partial charge in [0.15, 0.2) is 0 Å². The van der Waals surface area contributed by atoms with Gasteiger partial charge in [0.2, 0.25) is 0 Å². The van der Waals surface area contributed by atoms with Crippen molar-refractivity contribution in [3.63, 3.8) is 0 Å². The van der Waals surface area contributed by atoms with Crippen LogP contribution in [-0.4, -0.2) is 35.7 Å². The Morgan fingerprint density at radius 3 is 2.58 bits per heavy atom. The first-order valence-corrected chi connectivity index (χ1v) is 6.94. The van der Waals surface area contributed by atoms with Crippen molar-refractivity contribution in [1.29, 1.82) is 0 Å². The van der Waals surface area contributed by atoms with E-state index < -0.39 is 0 Å². The lowest BCUT2D eigenvalue weighted by molar-refractivity contribution is -0.0171. The van der Waals surface area contributed by atoms with Crippen LogP contribution in [0.1, 0.15) is 25.3 Å². The van der Waals surface area contributed by atoms with Crippen molar-refractivity contribution < 1.29 is 9.53 Å². The second-order valence-corrected chi connectivity index (χ2v) is 5.58. The number of ether oxygens (including phenoxy) is 1. The van der Waals surface area contributed by atoms with E-state index in [-0.39, 0.29) is 17.7 Å². The fraction of sp³-hybridized carbons (Fsp3) is 0.533. The number of carbonyl (C=O) groups excluding carboxylic acids is 1. The molecule has 1 aromatic rings. The molecular formula is C15H20N2O2. The summed E-state index contributed by atoms with van der Waals surface area (Å²) in [5.41, 5.74) is 1.07. The lowest BCUT2D eigenvalue weighted by Gasteiger charge is -2.39. The molecule has 3 rings (SSSR count). The molecular weight excluding hydrogens is 240 g/mol. The van der Waals surface area contributed by atoms with E-state index in [9.17, 15) is 4.79 Å². The average molecular weight is 260 g/mol. The Kier molecular flexibility index (Phi) is 3.19. The highest BCUT2D eigenvalue weighted by Crippen LogP contribution is 2.34. The number of nitrogens with one attached hydrogen (secondary N) is 1. The van der Waals surface area contributed by atoms with Gasteiger partial charge in [0.05, 0.1) is 6.04 Å². The monoisotopic (exact) mass is 260 g/mol. The molecule has 0 radical (unpaired) electrons. The number of likely N-dealkylation sites (tertiary alicyclic amines) is 1. The fourth-order valence-corrected chi connectivity index (χ4v) is 3.08. The van der Waals surface area contributed by atoms with E-state index in [1.807, 2.05) is 13.0 Å². The number of hydrogen-bond donors (Lipinski definition) is 1. The summed E-state index contributed by atoms with van der Waals surface area (Å²) >= 11 is 0. The van der Waals surface area contributed by atoms with Crippen LogP contribution in [0.5, 0.6) is 0 Å². The molecule has 0 aliphatic carbocycles. The normalized spacial score (nSPS) is 26.2. The van der Waals surface area contributed by atoms with Gasteiger partial charge in [-0.15, -0.1) is 0 Å². The zero-order chi connectivity index (χ0) is 13.3. The number of hydrogen-bond acceptors (Lipinski definition) is 3. The lowest BCUT2D eigenvalue weighted by atomic mass is 9.85. The minimum Gasteiger partial charge on any atom is -0.441 e. The topological polar surface area (TPSA) is 41.6 Å². The maximum Gasteiger partial charge on any atom is 0.408 e. The zero-order valence-corrected chi connectivity index (χ0v) is 11.3. The van der Waals surface area contributed by atoms with Gasteiger partial charge in [0.1, 0.15) is 5.60 Å². The first-order chi connectivity index (χ1) is 9.18. The zero-order valence-electron chi connectivity index (χ0n) is 11.3. The first-order valence-electron chi connectivity index (χ1n) is 6.94. The van der Waals surface area contributed by atoms with E-state index in [1.54, 1.807) is 0 Å². The van der Waals surface area contributed by atoms with Gasteiger partial charge >= 0.3 is 6.09 Å².